The van der Waals surface area contributed by atoms with E-state index < -0.39 is 0 Å². The Morgan fingerprint density at radius 3 is 2.58 bits per heavy atom. The molecule has 4 heteroatoms. The minimum Gasteiger partial charge on any atom is -0.490 e. The third-order valence-electron chi connectivity index (χ3n) is 3.90. The van der Waals surface area contributed by atoms with Crippen LogP contribution in [0.1, 0.15) is 11.1 Å². The van der Waals surface area contributed by atoms with Crippen molar-refractivity contribution in [3.05, 3.63) is 29.3 Å². The number of methoxy groups -OCH3 is 2. The number of rotatable bonds is 5. The highest BCUT2D eigenvalue weighted by molar-refractivity contribution is 5.43. The molecule has 1 aliphatic heterocycles. The van der Waals surface area contributed by atoms with Crippen LogP contribution in [-0.2, 0) is 27.1 Å². The Bertz CT molecular complexity index is 442. The minimum absolute atomic E-state index is 0.0967. The molecule has 1 saturated heterocycles. The highest BCUT2D eigenvalue weighted by atomic mass is 16.6. The van der Waals surface area contributed by atoms with E-state index in [9.17, 15) is 0 Å². The van der Waals surface area contributed by atoms with E-state index in [-0.39, 0.29) is 18.3 Å². The van der Waals surface area contributed by atoms with Crippen molar-refractivity contribution in [1.29, 1.82) is 0 Å². The Hall–Kier alpha value is -1.10. The molecule has 0 aromatic heterocycles. The van der Waals surface area contributed by atoms with Gasteiger partial charge in [0.2, 0.25) is 0 Å². The van der Waals surface area contributed by atoms with Crippen LogP contribution in [0.15, 0.2) is 18.2 Å². The first-order valence-electron chi connectivity index (χ1n) is 6.72. The second kappa shape index (κ2) is 5.49. The van der Waals surface area contributed by atoms with E-state index in [2.05, 4.69) is 6.07 Å². The standard InChI is InChI=1S/C15H20O4/c1-16-14-6-10-4-3-5-13(19-9-11-8-18-11)12(10)7-15(14)17-2/h3-5,11,14-15H,6-9H2,1-2H3/t11-,14-,15-/m1/s1. The Morgan fingerprint density at radius 2 is 1.89 bits per heavy atom. The van der Waals surface area contributed by atoms with Gasteiger partial charge in [0.15, 0.2) is 0 Å². The first-order chi connectivity index (χ1) is 9.31. The summed E-state index contributed by atoms with van der Waals surface area (Å²) in [6.07, 6.45) is 2.22. The molecule has 1 fully saturated rings. The summed E-state index contributed by atoms with van der Waals surface area (Å²) >= 11 is 0. The van der Waals surface area contributed by atoms with E-state index in [1.165, 1.54) is 11.1 Å². The molecule has 0 bridgehead atoms. The topological polar surface area (TPSA) is 40.2 Å². The Morgan fingerprint density at radius 1 is 1.16 bits per heavy atom. The number of hydrogen-bond acceptors (Lipinski definition) is 4. The zero-order valence-corrected chi connectivity index (χ0v) is 11.4. The maximum atomic E-state index is 5.87. The molecule has 0 saturated carbocycles. The average molecular weight is 264 g/mol. The predicted molar refractivity (Wildman–Crippen MR) is 70.7 cm³/mol. The van der Waals surface area contributed by atoms with Crippen LogP contribution in [0.2, 0.25) is 0 Å². The van der Waals surface area contributed by atoms with Crippen LogP contribution >= 0.6 is 0 Å². The molecule has 0 unspecified atom stereocenters. The van der Waals surface area contributed by atoms with Gasteiger partial charge in [-0.05, 0) is 11.6 Å². The molecular weight excluding hydrogens is 244 g/mol. The second-order valence-corrected chi connectivity index (χ2v) is 5.12. The van der Waals surface area contributed by atoms with Crippen LogP contribution in [0, 0.1) is 0 Å². The molecule has 0 spiro atoms. The summed E-state index contributed by atoms with van der Waals surface area (Å²) in [6.45, 7) is 1.46. The SMILES string of the molecule is CO[C@@H]1Cc2cccc(OC[C@H]3CO3)c2C[C@H]1OC. The molecule has 0 radical (unpaired) electrons. The van der Waals surface area contributed by atoms with E-state index in [0.717, 1.165) is 25.2 Å². The summed E-state index contributed by atoms with van der Waals surface area (Å²) in [4.78, 5) is 0. The molecule has 2 aliphatic rings. The lowest BCUT2D eigenvalue weighted by atomic mass is 9.87. The van der Waals surface area contributed by atoms with Crippen molar-refractivity contribution in [1.82, 2.24) is 0 Å². The summed E-state index contributed by atoms with van der Waals surface area (Å²) in [5.41, 5.74) is 2.55. The first-order valence-corrected chi connectivity index (χ1v) is 6.72. The lowest BCUT2D eigenvalue weighted by Crippen LogP contribution is -2.38. The molecule has 1 heterocycles. The molecule has 3 atom stereocenters. The number of fused-ring (bicyclic) bond motifs is 1. The Balaban J connectivity index is 1.80. The molecule has 19 heavy (non-hydrogen) atoms. The smallest absolute Gasteiger partial charge is 0.123 e. The van der Waals surface area contributed by atoms with Crippen LogP contribution < -0.4 is 4.74 Å². The molecule has 3 rings (SSSR count). The quantitative estimate of drug-likeness (QED) is 0.757. The Kier molecular flexibility index (Phi) is 3.73. The van der Waals surface area contributed by atoms with Gasteiger partial charge >= 0.3 is 0 Å². The largest absolute Gasteiger partial charge is 0.490 e. The van der Waals surface area contributed by atoms with E-state index in [0.29, 0.717) is 6.61 Å². The van der Waals surface area contributed by atoms with Crippen molar-refractivity contribution in [2.24, 2.45) is 0 Å². The number of hydrogen-bond donors (Lipinski definition) is 0. The molecule has 0 N–H and O–H groups in total. The average Bonchev–Trinajstić information content (AvgIpc) is 3.27. The summed E-state index contributed by atoms with van der Waals surface area (Å²) in [7, 11) is 3.48. The minimum atomic E-state index is 0.0967. The lowest BCUT2D eigenvalue weighted by molar-refractivity contribution is -0.0402. The van der Waals surface area contributed by atoms with Gasteiger partial charge in [-0.3, -0.25) is 0 Å². The van der Waals surface area contributed by atoms with Crippen molar-refractivity contribution >= 4 is 0 Å². The van der Waals surface area contributed by atoms with Crippen molar-refractivity contribution in [2.75, 3.05) is 27.4 Å². The second-order valence-electron chi connectivity index (χ2n) is 5.12. The number of benzene rings is 1. The van der Waals surface area contributed by atoms with Gasteiger partial charge in [0.25, 0.3) is 0 Å². The zero-order chi connectivity index (χ0) is 13.2. The van der Waals surface area contributed by atoms with Crippen LogP contribution in [0.4, 0.5) is 0 Å². The monoisotopic (exact) mass is 264 g/mol. The fraction of sp³-hybridized carbons (Fsp3) is 0.600. The van der Waals surface area contributed by atoms with E-state index >= 15 is 0 Å². The number of epoxide rings is 1. The van der Waals surface area contributed by atoms with E-state index in [4.69, 9.17) is 18.9 Å². The van der Waals surface area contributed by atoms with Gasteiger partial charge in [0, 0.05) is 32.6 Å². The molecule has 104 valence electrons. The third kappa shape index (κ3) is 2.76. The van der Waals surface area contributed by atoms with Gasteiger partial charge in [0.05, 0.1) is 18.8 Å². The Labute approximate surface area is 113 Å². The zero-order valence-electron chi connectivity index (χ0n) is 11.4. The van der Waals surface area contributed by atoms with Gasteiger partial charge in [0.1, 0.15) is 18.5 Å². The van der Waals surface area contributed by atoms with Gasteiger partial charge in [-0.15, -0.1) is 0 Å². The van der Waals surface area contributed by atoms with Gasteiger partial charge in [-0.25, -0.2) is 0 Å². The maximum absolute atomic E-state index is 5.87. The van der Waals surface area contributed by atoms with Gasteiger partial charge in [-0.1, -0.05) is 12.1 Å². The third-order valence-corrected chi connectivity index (χ3v) is 3.90. The molecule has 4 nitrogen and oxygen atoms in total. The van der Waals surface area contributed by atoms with Gasteiger partial charge < -0.3 is 18.9 Å². The first kappa shape index (κ1) is 12.9. The van der Waals surface area contributed by atoms with Crippen molar-refractivity contribution in [3.63, 3.8) is 0 Å². The highest BCUT2D eigenvalue weighted by Crippen LogP contribution is 2.32. The van der Waals surface area contributed by atoms with Crippen LogP contribution in [0.5, 0.6) is 5.75 Å². The van der Waals surface area contributed by atoms with Crippen LogP contribution in [0.3, 0.4) is 0 Å². The summed E-state index contributed by atoms with van der Waals surface area (Å²) in [5, 5.41) is 0. The summed E-state index contributed by atoms with van der Waals surface area (Å²) < 4.78 is 22.1. The van der Waals surface area contributed by atoms with Crippen LogP contribution in [-0.4, -0.2) is 45.7 Å². The van der Waals surface area contributed by atoms with E-state index in [1.807, 2.05) is 12.1 Å². The molecule has 0 amide bonds. The van der Waals surface area contributed by atoms with Crippen molar-refractivity contribution in [2.45, 2.75) is 31.2 Å². The fourth-order valence-electron chi connectivity index (χ4n) is 2.67. The summed E-state index contributed by atoms with van der Waals surface area (Å²) in [5.74, 6) is 0.963. The van der Waals surface area contributed by atoms with E-state index in [1.54, 1.807) is 14.2 Å². The highest BCUT2D eigenvalue weighted by Gasteiger charge is 2.31. The van der Waals surface area contributed by atoms with Crippen molar-refractivity contribution in [3.8, 4) is 5.75 Å². The predicted octanol–water partition coefficient (Wildman–Crippen LogP) is 1.59. The normalized spacial score (nSPS) is 28.8. The molecule has 1 aliphatic carbocycles. The summed E-state index contributed by atoms with van der Waals surface area (Å²) in [6, 6.07) is 6.22. The van der Waals surface area contributed by atoms with Crippen LogP contribution in [0.25, 0.3) is 0 Å². The maximum Gasteiger partial charge on any atom is 0.123 e. The molecule has 1 aromatic rings. The number of ether oxygens (including phenoxy) is 4. The lowest BCUT2D eigenvalue weighted by Gasteiger charge is -2.32. The molecular formula is C15H20O4. The van der Waals surface area contributed by atoms with Crippen molar-refractivity contribution < 1.29 is 18.9 Å². The fourth-order valence-corrected chi connectivity index (χ4v) is 2.67. The molecule has 1 aromatic carbocycles. The van der Waals surface area contributed by atoms with Gasteiger partial charge in [-0.2, -0.15) is 0 Å².